The van der Waals surface area contributed by atoms with E-state index in [4.69, 9.17) is 0 Å². The fourth-order valence-corrected chi connectivity index (χ4v) is 3.59. The Kier molecular flexibility index (Phi) is 6.82. The Labute approximate surface area is 192 Å². The minimum atomic E-state index is -0.120. The van der Waals surface area contributed by atoms with E-state index in [1.807, 2.05) is 73.8 Å². The van der Waals surface area contributed by atoms with Crippen LogP contribution in [0, 0.1) is 6.92 Å². The van der Waals surface area contributed by atoms with Crippen LogP contribution >= 0.6 is 11.8 Å². The number of thioether (sulfide) groups is 1. The topological polar surface area (TPSA) is 66.9 Å². The maximum absolute atomic E-state index is 12.6. The number of aryl methyl sites for hydroxylation is 1. The van der Waals surface area contributed by atoms with Crippen LogP contribution in [0.15, 0.2) is 90.0 Å². The van der Waals surface area contributed by atoms with Crippen molar-refractivity contribution in [2.75, 3.05) is 11.6 Å². The predicted molar refractivity (Wildman–Crippen MR) is 131 cm³/mol. The number of carbonyl (C=O) groups excluding carboxylic acids is 1. The van der Waals surface area contributed by atoms with Gasteiger partial charge in [-0.15, -0.1) is 11.8 Å². The molecule has 6 heteroatoms. The van der Waals surface area contributed by atoms with Gasteiger partial charge < -0.3 is 10.6 Å². The summed E-state index contributed by atoms with van der Waals surface area (Å²) in [6.07, 6.45) is 3.77. The van der Waals surface area contributed by atoms with E-state index in [2.05, 4.69) is 32.7 Å². The fourth-order valence-electron chi connectivity index (χ4n) is 3.18. The molecule has 5 nitrogen and oxygen atoms in total. The molecule has 4 rings (SSSR count). The molecular weight excluding hydrogens is 416 g/mol. The lowest BCUT2D eigenvalue weighted by atomic mass is 10.1. The Balaban J connectivity index is 1.43. The zero-order chi connectivity index (χ0) is 22.3. The zero-order valence-corrected chi connectivity index (χ0v) is 18.8. The quantitative estimate of drug-likeness (QED) is 0.353. The smallest absolute Gasteiger partial charge is 0.251 e. The summed E-state index contributed by atoms with van der Waals surface area (Å²) in [5, 5.41) is 6.25. The summed E-state index contributed by atoms with van der Waals surface area (Å²) in [4.78, 5) is 22.8. The number of carbonyl (C=O) groups is 1. The molecule has 3 aromatic carbocycles. The molecule has 4 aromatic rings. The van der Waals surface area contributed by atoms with E-state index >= 15 is 0 Å². The molecule has 1 heterocycles. The molecule has 0 fully saturated rings. The Morgan fingerprint density at radius 2 is 1.75 bits per heavy atom. The molecule has 0 unspecified atom stereocenters. The van der Waals surface area contributed by atoms with Gasteiger partial charge in [0.25, 0.3) is 5.91 Å². The third kappa shape index (κ3) is 5.53. The summed E-state index contributed by atoms with van der Waals surface area (Å²) >= 11 is 1.70. The van der Waals surface area contributed by atoms with Gasteiger partial charge in [0.05, 0.1) is 0 Å². The summed E-state index contributed by atoms with van der Waals surface area (Å²) < 4.78 is 0. The highest BCUT2D eigenvalue weighted by atomic mass is 32.2. The largest absolute Gasteiger partial charge is 0.348 e. The molecule has 0 spiro atoms. The number of amides is 1. The van der Waals surface area contributed by atoms with Crippen molar-refractivity contribution in [3.63, 3.8) is 0 Å². The summed E-state index contributed by atoms with van der Waals surface area (Å²) in [7, 11) is 0. The summed E-state index contributed by atoms with van der Waals surface area (Å²) in [6, 6.07) is 25.5. The van der Waals surface area contributed by atoms with Crippen LogP contribution < -0.4 is 10.6 Å². The molecule has 0 aliphatic carbocycles. The summed E-state index contributed by atoms with van der Waals surface area (Å²) in [6.45, 7) is 2.53. The van der Waals surface area contributed by atoms with E-state index < -0.39 is 0 Å². The van der Waals surface area contributed by atoms with Crippen LogP contribution in [0.2, 0.25) is 0 Å². The van der Waals surface area contributed by atoms with Crippen LogP contribution in [0.1, 0.15) is 21.5 Å². The molecule has 0 aliphatic rings. The van der Waals surface area contributed by atoms with Gasteiger partial charge in [-0.05, 0) is 55.1 Å². The maximum Gasteiger partial charge on any atom is 0.251 e. The van der Waals surface area contributed by atoms with Crippen molar-refractivity contribution in [2.45, 2.75) is 18.4 Å². The Morgan fingerprint density at radius 1 is 0.969 bits per heavy atom. The van der Waals surface area contributed by atoms with Gasteiger partial charge in [0, 0.05) is 34.5 Å². The zero-order valence-electron chi connectivity index (χ0n) is 18.0. The lowest BCUT2D eigenvalue weighted by molar-refractivity contribution is 0.0951. The Bertz CT molecular complexity index is 1210. The first-order valence-electron chi connectivity index (χ1n) is 10.3. The first-order chi connectivity index (χ1) is 15.6. The van der Waals surface area contributed by atoms with Crippen molar-refractivity contribution in [3.05, 3.63) is 102 Å². The van der Waals surface area contributed by atoms with Crippen molar-refractivity contribution in [3.8, 4) is 11.4 Å². The molecule has 2 N–H and O–H groups in total. The molecule has 0 saturated heterocycles. The maximum atomic E-state index is 12.6. The standard InChI is InChI=1S/C26H24N4OS/c1-18-6-10-20(11-7-18)25-27-15-14-24(30-25)29-22-5-3-4-21(16-22)26(31)28-17-19-8-12-23(32-2)13-9-19/h3-16H,17H2,1-2H3,(H,28,31)(H,27,29,30). The second kappa shape index (κ2) is 10.1. The Hall–Kier alpha value is -3.64. The summed E-state index contributed by atoms with van der Waals surface area (Å²) in [5.41, 5.74) is 4.59. The fraction of sp³-hybridized carbons (Fsp3) is 0.115. The number of hydrogen-bond donors (Lipinski definition) is 2. The van der Waals surface area contributed by atoms with Gasteiger partial charge in [-0.3, -0.25) is 4.79 Å². The van der Waals surface area contributed by atoms with Gasteiger partial charge in [-0.25, -0.2) is 9.97 Å². The van der Waals surface area contributed by atoms with Crippen LogP contribution in [0.3, 0.4) is 0 Å². The number of nitrogens with zero attached hydrogens (tertiary/aromatic N) is 2. The summed E-state index contributed by atoms with van der Waals surface area (Å²) in [5.74, 6) is 1.20. The van der Waals surface area contributed by atoms with Gasteiger partial charge in [0.1, 0.15) is 5.82 Å². The molecule has 160 valence electrons. The second-order valence-corrected chi connectivity index (χ2v) is 8.25. The van der Waals surface area contributed by atoms with Gasteiger partial charge in [0.2, 0.25) is 0 Å². The highest BCUT2D eigenvalue weighted by molar-refractivity contribution is 7.98. The number of aromatic nitrogens is 2. The van der Waals surface area contributed by atoms with E-state index in [1.165, 1.54) is 10.5 Å². The molecule has 1 amide bonds. The number of rotatable bonds is 7. The molecule has 1 aromatic heterocycles. The van der Waals surface area contributed by atoms with Crippen LogP contribution in [0.4, 0.5) is 11.5 Å². The van der Waals surface area contributed by atoms with Crippen LogP contribution in [0.25, 0.3) is 11.4 Å². The lowest BCUT2D eigenvalue weighted by Gasteiger charge is -2.10. The Morgan fingerprint density at radius 3 is 2.50 bits per heavy atom. The minimum absolute atomic E-state index is 0.120. The molecule has 0 bridgehead atoms. The average Bonchev–Trinajstić information content (AvgIpc) is 2.83. The van der Waals surface area contributed by atoms with Gasteiger partial charge in [-0.1, -0.05) is 48.0 Å². The average molecular weight is 441 g/mol. The molecular formula is C26H24N4OS. The third-order valence-electron chi connectivity index (χ3n) is 4.97. The minimum Gasteiger partial charge on any atom is -0.348 e. The van der Waals surface area contributed by atoms with E-state index in [0.717, 1.165) is 16.8 Å². The third-order valence-corrected chi connectivity index (χ3v) is 5.72. The van der Waals surface area contributed by atoms with Crippen LogP contribution in [0.5, 0.6) is 0 Å². The first-order valence-corrected chi connectivity index (χ1v) is 11.5. The molecule has 0 aliphatic heterocycles. The van der Waals surface area contributed by atoms with Crippen LogP contribution in [-0.4, -0.2) is 22.1 Å². The molecule has 32 heavy (non-hydrogen) atoms. The predicted octanol–water partition coefficient (Wildman–Crippen LogP) is 5.85. The normalized spacial score (nSPS) is 10.6. The number of anilines is 2. The van der Waals surface area contributed by atoms with E-state index in [1.54, 1.807) is 24.0 Å². The van der Waals surface area contributed by atoms with E-state index in [0.29, 0.717) is 23.8 Å². The monoisotopic (exact) mass is 440 g/mol. The number of nitrogens with one attached hydrogen (secondary N) is 2. The lowest BCUT2D eigenvalue weighted by Crippen LogP contribution is -2.22. The molecule has 0 radical (unpaired) electrons. The van der Waals surface area contributed by atoms with Gasteiger partial charge in [0.15, 0.2) is 5.82 Å². The van der Waals surface area contributed by atoms with Crippen LogP contribution in [-0.2, 0) is 6.54 Å². The van der Waals surface area contributed by atoms with Crippen molar-refractivity contribution in [1.29, 1.82) is 0 Å². The van der Waals surface area contributed by atoms with Crippen molar-refractivity contribution in [2.24, 2.45) is 0 Å². The van der Waals surface area contributed by atoms with Crippen molar-refractivity contribution >= 4 is 29.2 Å². The molecule has 0 atom stereocenters. The van der Waals surface area contributed by atoms with Crippen molar-refractivity contribution in [1.82, 2.24) is 15.3 Å². The number of benzene rings is 3. The SMILES string of the molecule is CSc1ccc(CNC(=O)c2cccc(Nc3ccnc(-c4ccc(C)cc4)n3)c2)cc1. The van der Waals surface area contributed by atoms with Gasteiger partial charge >= 0.3 is 0 Å². The van der Waals surface area contributed by atoms with Crippen molar-refractivity contribution < 1.29 is 4.79 Å². The first kappa shape index (κ1) is 21.6. The highest BCUT2D eigenvalue weighted by Crippen LogP contribution is 2.20. The van der Waals surface area contributed by atoms with Gasteiger partial charge in [-0.2, -0.15) is 0 Å². The second-order valence-electron chi connectivity index (χ2n) is 7.37. The van der Waals surface area contributed by atoms with E-state index in [-0.39, 0.29) is 5.91 Å². The highest BCUT2D eigenvalue weighted by Gasteiger charge is 2.08. The molecule has 0 saturated carbocycles. The number of hydrogen-bond acceptors (Lipinski definition) is 5. The van der Waals surface area contributed by atoms with E-state index in [9.17, 15) is 4.79 Å².